The van der Waals surface area contributed by atoms with Crippen LogP contribution in [0.4, 0.5) is 5.69 Å². The molecule has 3 rings (SSSR count). The predicted octanol–water partition coefficient (Wildman–Crippen LogP) is 5.79. The lowest BCUT2D eigenvalue weighted by Gasteiger charge is -2.45. The van der Waals surface area contributed by atoms with Crippen molar-refractivity contribution in [2.75, 3.05) is 18.0 Å². The molecule has 1 aromatic rings. The molecule has 1 aromatic carbocycles. The van der Waals surface area contributed by atoms with Crippen molar-refractivity contribution in [3.63, 3.8) is 0 Å². The topological polar surface area (TPSA) is 3.24 Å². The van der Waals surface area contributed by atoms with Gasteiger partial charge in [0.25, 0.3) is 0 Å². The molecule has 1 heterocycles. The Morgan fingerprint density at radius 3 is 2.40 bits per heavy atom. The van der Waals surface area contributed by atoms with E-state index in [0.717, 1.165) is 10.4 Å². The number of nitrogens with zero attached hydrogens (tertiary/aromatic N) is 1. The van der Waals surface area contributed by atoms with Crippen molar-refractivity contribution >= 4 is 33.2 Å². The van der Waals surface area contributed by atoms with Gasteiger partial charge in [0.15, 0.2) is 0 Å². The Labute approximate surface area is 135 Å². The molecule has 1 aliphatic carbocycles. The normalized spacial score (nSPS) is 22.2. The van der Waals surface area contributed by atoms with Gasteiger partial charge in [-0.2, -0.15) is 0 Å². The molecule has 0 unspecified atom stereocenters. The highest BCUT2D eigenvalue weighted by molar-refractivity contribution is 9.08. The fraction of sp³-hybridized carbons (Fsp3) is 0.647. The second kappa shape index (κ2) is 6.27. The van der Waals surface area contributed by atoms with Crippen LogP contribution in [0.25, 0.3) is 0 Å². The zero-order valence-corrected chi connectivity index (χ0v) is 14.3. The van der Waals surface area contributed by atoms with E-state index >= 15 is 0 Å². The molecule has 110 valence electrons. The van der Waals surface area contributed by atoms with Crippen LogP contribution in [0, 0.1) is 5.41 Å². The molecule has 2 fully saturated rings. The number of benzene rings is 1. The van der Waals surface area contributed by atoms with Crippen molar-refractivity contribution < 1.29 is 0 Å². The molecule has 0 amide bonds. The van der Waals surface area contributed by atoms with Crippen molar-refractivity contribution in [2.45, 2.75) is 50.3 Å². The van der Waals surface area contributed by atoms with E-state index in [9.17, 15) is 0 Å². The molecule has 0 N–H and O–H groups in total. The van der Waals surface area contributed by atoms with E-state index in [1.165, 1.54) is 69.3 Å². The molecule has 1 saturated carbocycles. The van der Waals surface area contributed by atoms with Crippen LogP contribution in [-0.4, -0.2) is 13.1 Å². The first-order valence-electron chi connectivity index (χ1n) is 7.82. The number of alkyl halides is 1. The molecule has 3 heteroatoms. The molecule has 1 spiro atoms. The van der Waals surface area contributed by atoms with E-state index < -0.39 is 0 Å². The van der Waals surface area contributed by atoms with Gasteiger partial charge < -0.3 is 4.90 Å². The van der Waals surface area contributed by atoms with Crippen LogP contribution in [0.3, 0.4) is 0 Å². The van der Waals surface area contributed by atoms with E-state index in [2.05, 4.69) is 33.0 Å². The van der Waals surface area contributed by atoms with Crippen LogP contribution in [0.2, 0.25) is 5.02 Å². The van der Waals surface area contributed by atoms with Gasteiger partial charge in [-0.05, 0) is 43.2 Å². The van der Waals surface area contributed by atoms with E-state index in [1.54, 1.807) is 0 Å². The average Bonchev–Trinajstić information content (AvgIpc) is 2.49. The molecule has 1 saturated heterocycles. The first-order valence-corrected chi connectivity index (χ1v) is 9.32. The Morgan fingerprint density at radius 2 is 1.75 bits per heavy atom. The summed E-state index contributed by atoms with van der Waals surface area (Å²) in [4.78, 5) is 2.54. The lowest BCUT2D eigenvalue weighted by Crippen LogP contribution is -2.41. The molecular weight excluding hydrogens is 334 g/mol. The van der Waals surface area contributed by atoms with Gasteiger partial charge in [0.1, 0.15) is 0 Å². The third-order valence-electron chi connectivity index (χ3n) is 5.31. The van der Waals surface area contributed by atoms with Crippen LogP contribution < -0.4 is 4.90 Å². The zero-order chi connectivity index (χ0) is 14.0. The van der Waals surface area contributed by atoms with Gasteiger partial charge in [-0.1, -0.05) is 52.9 Å². The van der Waals surface area contributed by atoms with Crippen molar-refractivity contribution in [3.05, 3.63) is 28.8 Å². The lowest BCUT2D eigenvalue weighted by atomic mass is 9.68. The summed E-state index contributed by atoms with van der Waals surface area (Å²) in [6.45, 7) is 2.39. The minimum absolute atomic E-state index is 0.669. The van der Waals surface area contributed by atoms with E-state index in [-0.39, 0.29) is 0 Å². The summed E-state index contributed by atoms with van der Waals surface area (Å²) in [5.74, 6) is 0. The first kappa shape index (κ1) is 14.7. The fourth-order valence-corrected chi connectivity index (χ4v) is 4.99. The maximum atomic E-state index is 6.33. The van der Waals surface area contributed by atoms with Gasteiger partial charge in [-0.3, -0.25) is 0 Å². The standard InChI is InChI=1S/C17H23BrClN/c18-13-14-15(19)5-4-6-16(14)20-11-9-17(10-12-20)7-2-1-3-8-17/h4-6H,1-3,7-13H2. The first-order chi connectivity index (χ1) is 9.74. The quantitative estimate of drug-likeness (QED) is 0.607. The van der Waals surface area contributed by atoms with Crippen LogP contribution in [0.1, 0.15) is 50.5 Å². The minimum atomic E-state index is 0.669. The monoisotopic (exact) mass is 355 g/mol. The molecule has 0 aromatic heterocycles. The van der Waals surface area contributed by atoms with Crippen molar-refractivity contribution in [2.24, 2.45) is 5.41 Å². The van der Waals surface area contributed by atoms with Crippen LogP contribution >= 0.6 is 27.5 Å². The Bertz CT molecular complexity index is 458. The van der Waals surface area contributed by atoms with Crippen molar-refractivity contribution in [3.8, 4) is 0 Å². The molecule has 1 nitrogen and oxygen atoms in total. The summed E-state index contributed by atoms with van der Waals surface area (Å²) >= 11 is 9.92. The highest BCUT2D eigenvalue weighted by Crippen LogP contribution is 2.45. The van der Waals surface area contributed by atoms with Crippen LogP contribution in [-0.2, 0) is 5.33 Å². The van der Waals surface area contributed by atoms with E-state index in [1.807, 2.05) is 6.07 Å². The van der Waals surface area contributed by atoms with Crippen LogP contribution in [0.15, 0.2) is 18.2 Å². The predicted molar refractivity (Wildman–Crippen MR) is 91.0 cm³/mol. The molecule has 0 atom stereocenters. The summed E-state index contributed by atoms with van der Waals surface area (Å²) in [5.41, 5.74) is 3.25. The maximum absolute atomic E-state index is 6.33. The highest BCUT2D eigenvalue weighted by Gasteiger charge is 2.35. The molecule has 1 aliphatic heterocycles. The molecule has 0 bridgehead atoms. The number of hydrogen-bond donors (Lipinski definition) is 0. The third kappa shape index (κ3) is 2.87. The van der Waals surface area contributed by atoms with Gasteiger partial charge in [-0.15, -0.1) is 0 Å². The number of hydrogen-bond acceptors (Lipinski definition) is 1. The summed E-state index contributed by atoms with van der Waals surface area (Å²) in [6.07, 6.45) is 9.99. The van der Waals surface area contributed by atoms with Gasteiger partial charge >= 0.3 is 0 Å². The molecule has 0 radical (unpaired) electrons. The van der Waals surface area contributed by atoms with Gasteiger partial charge in [0, 0.05) is 34.7 Å². The van der Waals surface area contributed by atoms with Crippen LogP contribution in [0.5, 0.6) is 0 Å². The molecule has 20 heavy (non-hydrogen) atoms. The number of piperidine rings is 1. The Hall–Kier alpha value is -0.210. The maximum Gasteiger partial charge on any atom is 0.0467 e. The van der Waals surface area contributed by atoms with Gasteiger partial charge in [0.05, 0.1) is 0 Å². The Kier molecular flexibility index (Phi) is 4.62. The zero-order valence-electron chi connectivity index (χ0n) is 12.0. The van der Waals surface area contributed by atoms with Crippen molar-refractivity contribution in [1.82, 2.24) is 0 Å². The molecular formula is C17H23BrClN. The van der Waals surface area contributed by atoms with E-state index in [4.69, 9.17) is 11.6 Å². The summed E-state index contributed by atoms with van der Waals surface area (Å²) in [7, 11) is 0. The second-order valence-electron chi connectivity index (χ2n) is 6.42. The highest BCUT2D eigenvalue weighted by atomic mass is 79.9. The summed E-state index contributed by atoms with van der Waals surface area (Å²) < 4.78 is 0. The van der Waals surface area contributed by atoms with E-state index in [0.29, 0.717) is 5.41 Å². The number of rotatable bonds is 2. The van der Waals surface area contributed by atoms with Crippen molar-refractivity contribution in [1.29, 1.82) is 0 Å². The molecule has 2 aliphatic rings. The largest absolute Gasteiger partial charge is 0.371 e. The SMILES string of the molecule is Clc1cccc(N2CCC3(CCCCC3)CC2)c1CBr. The average molecular weight is 357 g/mol. The Balaban J connectivity index is 1.73. The number of anilines is 1. The smallest absolute Gasteiger partial charge is 0.0467 e. The Morgan fingerprint density at radius 1 is 1.05 bits per heavy atom. The summed E-state index contributed by atoms with van der Waals surface area (Å²) in [6, 6.07) is 6.30. The summed E-state index contributed by atoms with van der Waals surface area (Å²) in [5, 5.41) is 1.72. The lowest BCUT2D eigenvalue weighted by molar-refractivity contribution is 0.144. The third-order valence-corrected chi connectivity index (χ3v) is 6.22. The van der Waals surface area contributed by atoms with Gasteiger partial charge in [-0.25, -0.2) is 0 Å². The number of halogens is 2. The second-order valence-corrected chi connectivity index (χ2v) is 7.39. The fourth-order valence-electron chi connectivity index (χ4n) is 4.00. The minimum Gasteiger partial charge on any atom is -0.371 e. The van der Waals surface area contributed by atoms with Gasteiger partial charge in [0.2, 0.25) is 0 Å².